The average Bonchev–Trinajstić information content (AvgIpc) is 3.01. The first-order chi connectivity index (χ1) is 10.1. The van der Waals surface area contributed by atoms with Gasteiger partial charge in [0.25, 0.3) is 5.91 Å². The number of aromatic amines is 1. The van der Waals surface area contributed by atoms with Gasteiger partial charge in [0.15, 0.2) is 11.5 Å². The summed E-state index contributed by atoms with van der Waals surface area (Å²) in [7, 11) is 0. The van der Waals surface area contributed by atoms with Crippen molar-refractivity contribution in [3.8, 4) is 0 Å². The second kappa shape index (κ2) is 5.59. The number of carbonyl (C=O) groups excluding carboxylic acids is 1. The van der Waals surface area contributed by atoms with E-state index in [1.54, 1.807) is 17.4 Å². The molecular formula is C14H14F2N4O. The van der Waals surface area contributed by atoms with Crippen LogP contribution in [0.4, 0.5) is 8.78 Å². The summed E-state index contributed by atoms with van der Waals surface area (Å²) in [5, 5.41) is 0. The van der Waals surface area contributed by atoms with Gasteiger partial charge in [-0.3, -0.25) is 4.79 Å². The molecule has 0 saturated carbocycles. The second-order valence-electron chi connectivity index (χ2n) is 5.06. The molecule has 1 aliphatic heterocycles. The van der Waals surface area contributed by atoms with E-state index >= 15 is 0 Å². The maximum Gasteiger partial charge on any atom is 0.275 e. The molecule has 0 radical (unpaired) electrons. The third-order valence-corrected chi connectivity index (χ3v) is 3.75. The predicted octanol–water partition coefficient (Wildman–Crippen LogP) is 2.10. The molecular weight excluding hydrogens is 278 g/mol. The van der Waals surface area contributed by atoms with Crippen LogP contribution in [0.2, 0.25) is 0 Å². The number of carbonyl (C=O) groups is 1. The molecule has 1 N–H and O–H groups in total. The Kier molecular flexibility index (Phi) is 3.64. The minimum absolute atomic E-state index is 0.322. The SMILES string of the molecule is O=C(c1ncc(F)cc1F)N1CCC(c2cnc[nH]2)CC1. The highest BCUT2D eigenvalue weighted by Crippen LogP contribution is 2.27. The molecule has 0 aromatic carbocycles. The lowest BCUT2D eigenvalue weighted by Crippen LogP contribution is -2.38. The number of H-pyrrole nitrogens is 1. The maximum absolute atomic E-state index is 13.6. The monoisotopic (exact) mass is 292 g/mol. The van der Waals surface area contributed by atoms with Crippen molar-refractivity contribution in [2.75, 3.05) is 13.1 Å². The van der Waals surface area contributed by atoms with Crippen molar-refractivity contribution in [3.05, 3.63) is 47.8 Å². The number of rotatable bonds is 2. The molecule has 0 atom stereocenters. The highest BCUT2D eigenvalue weighted by molar-refractivity contribution is 5.92. The van der Waals surface area contributed by atoms with Crippen LogP contribution in [0.25, 0.3) is 0 Å². The van der Waals surface area contributed by atoms with Crippen molar-refractivity contribution in [1.82, 2.24) is 19.9 Å². The van der Waals surface area contributed by atoms with Gasteiger partial charge in [-0.1, -0.05) is 0 Å². The van der Waals surface area contributed by atoms with Crippen LogP contribution in [0.3, 0.4) is 0 Å². The van der Waals surface area contributed by atoms with Gasteiger partial charge in [-0.05, 0) is 12.8 Å². The van der Waals surface area contributed by atoms with E-state index in [0.717, 1.165) is 24.7 Å². The molecule has 3 rings (SSSR count). The van der Waals surface area contributed by atoms with Crippen LogP contribution in [-0.2, 0) is 0 Å². The molecule has 0 bridgehead atoms. The number of amides is 1. The molecule has 1 aliphatic rings. The van der Waals surface area contributed by atoms with Gasteiger partial charge < -0.3 is 9.88 Å². The summed E-state index contributed by atoms with van der Waals surface area (Å²) in [4.78, 5) is 24.4. The average molecular weight is 292 g/mol. The molecule has 2 aromatic heterocycles. The van der Waals surface area contributed by atoms with Crippen LogP contribution in [-0.4, -0.2) is 38.8 Å². The molecule has 1 fully saturated rings. The van der Waals surface area contributed by atoms with Gasteiger partial charge in [-0.2, -0.15) is 0 Å². The number of piperidine rings is 1. The highest BCUT2D eigenvalue weighted by atomic mass is 19.1. The number of imidazole rings is 1. The number of hydrogen-bond donors (Lipinski definition) is 1. The number of nitrogens with zero attached hydrogens (tertiary/aromatic N) is 3. The summed E-state index contributed by atoms with van der Waals surface area (Å²) < 4.78 is 26.4. The van der Waals surface area contributed by atoms with Crippen LogP contribution in [0.5, 0.6) is 0 Å². The molecule has 1 saturated heterocycles. The summed E-state index contributed by atoms with van der Waals surface area (Å²) in [6.07, 6.45) is 5.81. The fourth-order valence-electron chi connectivity index (χ4n) is 2.61. The zero-order valence-electron chi connectivity index (χ0n) is 11.2. The summed E-state index contributed by atoms with van der Waals surface area (Å²) >= 11 is 0. The first kappa shape index (κ1) is 13.7. The zero-order valence-corrected chi connectivity index (χ0v) is 11.2. The van der Waals surface area contributed by atoms with Gasteiger partial charge in [0, 0.05) is 37.0 Å². The van der Waals surface area contributed by atoms with E-state index in [0.29, 0.717) is 25.1 Å². The summed E-state index contributed by atoms with van der Waals surface area (Å²) in [6, 6.07) is 0.678. The van der Waals surface area contributed by atoms with Crippen LogP contribution in [0.1, 0.15) is 34.9 Å². The predicted molar refractivity (Wildman–Crippen MR) is 70.6 cm³/mol. The molecule has 0 unspecified atom stereocenters. The summed E-state index contributed by atoms with van der Waals surface area (Å²) in [5.41, 5.74) is 0.726. The van der Waals surface area contributed by atoms with Crippen LogP contribution in [0, 0.1) is 11.6 Å². The zero-order chi connectivity index (χ0) is 14.8. The Labute approximate surface area is 120 Å². The fourth-order valence-corrected chi connectivity index (χ4v) is 2.61. The first-order valence-electron chi connectivity index (χ1n) is 6.73. The minimum Gasteiger partial charge on any atom is -0.348 e. The molecule has 0 spiro atoms. The van der Waals surface area contributed by atoms with Crippen molar-refractivity contribution in [3.63, 3.8) is 0 Å². The van der Waals surface area contributed by atoms with Crippen molar-refractivity contribution in [1.29, 1.82) is 0 Å². The molecule has 0 aliphatic carbocycles. The van der Waals surface area contributed by atoms with E-state index in [9.17, 15) is 13.6 Å². The van der Waals surface area contributed by atoms with E-state index < -0.39 is 17.5 Å². The Bertz CT molecular complexity index is 636. The smallest absolute Gasteiger partial charge is 0.275 e. The van der Waals surface area contributed by atoms with E-state index in [1.165, 1.54) is 0 Å². The van der Waals surface area contributed by atoms with Crippen molar-refractivity contribution in [2.45, 2.75) is 18.8 Å². The lowest BCUT2D eigenvalue weighted by Gasteiger charge is -2.31. The molecule has 3 heterocycles. The summed E-state index contributed by atoms with van der Waals surface area (Å²) in [5.74, 6) is -1.88. The number of aromatic nitrogens is 3. The van der Waals surface area contributed by atoms with Gasteiger partial charge >= 0.3 is 0 Å². The number of hydrogen-bond acceptors (Lipinski definition) is 3. The minimum atomic E-state index is -0.921. The molecule has 21 heavy (non-hydrogen) atoms. The second-order valence-corrected chi connectivity index (χ2v) is 5.06. The summed E-state index contributed by atoms with van der Waals surface area (Å²) in [6.45, 7) is 1.03. The van der Waals surface area contributed by atoms with E-state index in [-0.39, 0.29) is 5.69 Å². The fraction of sp³-hybridized carbons (Fsp3) is 0.357. The third-order valence-electron chi connectivity index (χ3n) is 3.75. The standard InChI is InChI=1S/C14H14F2N4O/c15-10-5-11(16)13(18-6-10)14(21)20-3-1-9(2-4-20)12-7-17-8-19-12/h5-9H,1-4H2,(H,17,19). The molecule has 110 valence electrons. The first-order valence-corrected chi connectivity index (χ1v) is 6.73. The topological polar surface area (TPSA) is 61.9 Å². The van der Waals surface area contributed by atoms with Gasteiger partial charge in [-0.15, -0.1) is 0 Å². The molecule has 1 amide bonds. The maximum atomic E-state index is 13.6. The third kappa shape index (κ3) is 2.76. The lowest BCUT2D eigenvalue weighted by molar-refractivity contribution is 0.0700. The number of nitrogens with one attached hydrogen (secondary N) is 1. The van der Waals surface area contributed by atoms with Crippen molar-refractivity contribution < 1.29 is 13.6 Å². The van der Waals surface area contributed by atoms with Gasteiger partial charge in [-0.25, -0.2) is 18.7 Å². The van der Waals surface area contributed by atoms with Crippen LogP contribution >= 0.6 is 0 Å². The quantitative estimate of drug-likeness (QED) is 0.922. The number of halogens is 2. The Hall–Kier alpha value is -2.31. The Morgan fingerprint density at radius 2 is 2.05 bits per heavy atom. The Morgan fingerprint density at radius 3 is 2.67 bits per heavy atom. The van der Waals surface area contributed by atoms with Crippen molar-refractivity contribution in [2.24, 2.45) is 0 Å². The number of likely N-dealkylation sites (tertiary alicyclic amines) is 1. The molecule has 7 heteroatoms. The lowest BCUT2D eigenvalue weighted by atomic mass is 9.94. The Morgan fingerprint density at radius 1 is 1.29 bits per heavy atom. The normalized spacial score (nSPS) is 16.2. The highest BCUT2D eigenvalue weighted by Gasteiger charge is 2.27. The van der Waals surface area contributed by atoms with Crippen molar-refractivity contribution >= 4 is 5.91 Å². The number of pyridine rings is 1. The van der Waals surface area contributed by atoms with E-state index in [4.69, 9.17) is 0 Å². The molecule has 2 aromatic rings. The van der Waals surface area contributed by atoms with Crippen LogP contribution in [0.15, 0.2) is 24.8 Å². The Balaban J connectivity index is 1.67. The van der Waals surface area contributed by atoms with Gasteiger partial charge in [0.2, 0.25) is 0 Å². The van der Waals surface area contributed by atoms with Gasteiger partial charge in [0.05, 0.1) is 12.5 Å². The van der Waals surface area contributed by atoms with Gasteiger partial charge in [0.1, 0.15) is 5.82 Å². The van der Waals surface area contributed by atoms with E-state index in [1.807, 2.05) is 0 Å². The molecule has 5 nitrogen and oxygen atoms in total. The van der Waals surface area contributed by atoms with Crippen LogP contribution < -0.4 is 0 Å². The van der Waals surface area contributed by atoms with E-state index in [2.05, 4.69) is 15.0 Å². The largest absolute Gasteiger partial charge is 0.348 e.